The number of carbonyl (C=O) groups is 2. The van der Waals surface area contributed by atoms with Gasteiger partial charge >= 0.3 is 6.03 Å². The second-order valence-corrected chi connectivity index (χ2v) is 7.92. The lowest BCUT2D eigenvalue weighted by Gasteiger charge is -2.11. The fourth-order valence-electron chi connectivity index (χ4n) is 3.12. The Morgan fingerprint density at radius 3 is 2.66 bits per heavy atom. The third kappa shape index (κ3) is 4.54. The summed E-state index contributed by atoms with van der Waals surface area (Å²) in [4.78, 5) is 37.2. The molecule has 0 fully saturated rings. The smallest absolute Gasteiger partial charge is 0.320 e. The van der Waals surface area contributed by atoms with Gasteiger partial charge < -0.3 is 5.32 Å². The van der Waals surface area contributed by atoms with Gasteiger partial charge in [0.2, 0.25) is 0 Å². The highest BCUT2D eigenvalue weighted by Crippen LogP contribution is 2.36. The van der Waals surface area contributed by atoms with Crippen molar-refractivity contribution in [2.75, 3.05) is 11.9 Å². The van der Waals surface area contributed by atoms with Crippen LogP contribution in [0.3, 0.4) is 0 Å². The molecule has 4 aromatic heterocycles. The Labute approximate surface area is 188 Å². The number of urea groups is 1. The van der Waals surface area contributed by atoms with Gasteiger partial charge in [0, 0.05) is 71.6 Å². The first kappa shape index (κ1) is 21.3. The summed E-state index contributed by atoms with van der Waals surface area (Å²) in [7, 11) is 1.85. The van der Waals surface area contributed by atoms with E-state index >= 15 is 0 Å². The third-order valence-electron chi connectivity index (χ3n) is 4.67. The summed E-state index contributed by atoms with van der Waals surface area (Å²) in [5.41, 5.74) is 4.49. The van der Waals surface area contributed by atoms with Crippen LogP contribution in [0.25, 0.3) is 33.0 Å². The number of ketones is 1. The number of nitrogens with zero attached hydrogens (tertiary/aromatic N) is 5. The van der Waals surface area contributed by atoms with E-state index in [2.05, 4.69) is 25.7 Å². The van der Waals surface area contributed by atoms with E-state index in [0.717, 1.165) is 33.0 Å². The molecule has 0 saturated carbocycles. The van der Waals surface area contributed by atoms with Crippen LogP contribution in [0, 0.1) is 0 Å². The summed E-state index contributed by atoms with van der Waals surface area (Å²) >= 11 is 1.47. The molecule has 0 radical (unpaired) electrons. The number of hydrogen-bond acceptors (Lipinski definition) is 7. The Bertz CT molecular complexity index is 1290. The number of amides is 2. The molecular weight excluding hydrogens is 426 g/mol. The lowest BCUT2D eigenvalue weighted by molar-refractivity contribution is 0.101. The van der Waals surface area contributed by atoms with Gasteiger partial charge in [-0.25, -0.2) is 14.8 Å². The molecule has 0 unspecified atom stereocenters. The number of Topliss-reactive ketones (excluding diaryl/α,β-unsaturated/α-hetero) is 1. The van der Waals surface area contributed by atoms with Crippen LogP contribution in [-0.2, 0) is 7.05 Å². The highest BCUT2D eigenvalue weighted by molar-refractivity contribution is 7.13. The first-order valence-corrected chi connectivity index (χ1v) is 10.8. The van der Waals surface area contributed by atoms with Crippen molar-refractivity contribution in [1.29, 1.82) is 0 Å². The monoisotopic (exact) mass is 447 g/mol. The maximum absolute atomic E-state index is 12.0. The second kappa shape index (κ2) is 9.06. The Hall–Kier alpha value is -3.92. The van der Waals surface area contributed by atoms with Crippen molar-refractivity contribution in [3.63, 3.8) is 0 Å². The topological polar surface area (TPSA) is 115 Å². The Balaban J connectivity index is 1.80. The Morgan fingerprint density at radius 1 is 1.09 bits per heavy atom. The van der Waals surface area contributed by atoms with Crippen molar-refractivity contribution in [3.8, 4) is 33.0 Å². The lowest BCUT2D eigenvalue weighted by atomic mass is 10.0. The van der Waals surface area contributed by atoms with Gasteiger partial charge in [0.05, 0.1) is 11.9 Å². The number of carbonyl (C=O) groups excluding carboxylic acids is 2. The summed E-state index contributed by atoms with van der Waals surface area (Å²) in [6, 6.07) is 3.22. The number of nitrogens with one attached hydrogen (secondary N) is 2. The van der Waals surface area contributed by atoms with Gasteiger partial charge in [-0.05, 0) is 26.0 Å². The van der Waals surface area contributed by atoms with E-state index in [1.165, 1.54) is 24.5 Å². The molecule has 32 heavy (non-hydrogen) atoms. The molecule has 0 saturated heterocycles. The predicted octanol–water partition coefficient (Wildman–Crippen LogP) is 4.01. The predicted molar refractivity (Wildman–Crippen MR) is 123 cm³/mol. The SMILES string of the molecule is CCNC(=O)Nc1cc(-c2nc(-c3cnn(C)c3)cs2)c(-c2cncc(C(C)=O)c2)cn1. The minimum absolute atomic E-state index is 0.0727. The first-order valence-electron chi connectivity index (χ1n) is 9.90. The minimum atomic E-state index is -0.339. The van der Waals surface area contributed by atoms with E-state index in [-0.39, 0.29) is 11.8 Å². The summed E-state index contributed by atoms with van der Waals surface area (Å²) in [5.74, 6) is 0.319. The fraction of sp³-hybridized carbons (Fsp3) is 0.182. The van der Waals surface area contributed by atoms with Crippen molar-refractivity contribution in [1.82, 2.24) is 30.0 Å². The van der Waals surface area contributed by atoms with Gasteiger partial charge in [0.25, 0.3) is 0 Å². The maximum atomic E-state index is 12.0. The zero-order chi connectivity index (χ0) is 22.7. The van der Waals surface area contributed by atoms with Gasteiger partial charge in [0.15, 0.2) is 5.78 Å². The molecule has 4 aromatic rings. The van der Waals surface area contributed by atoms with Crippen LogP contribution < -0.4 is 10.6 Å². The zero-order valence-corrected chi connectivity index (χ0v) is 18.6. The van der Waals surface area contributed by atoms with Crippen LogP contribution in [0.15, 0.2) is 48.5 Å². The van der Waals surface area contributed by atoms with Gasteiger partial charge in [-0.1, -0.05) is 0 Å². The Kier molecular flexibility index (Phi) is 6.04. The lowest BCUT2D eigenvalue weighted by Crippen LogP contribution is -2.28. The quantitative estimate of drug-likeness (QED) is 0.432. The number of rotatable bonds is 6. The van der Waals surface area contributed by atoms with Gasteiger partial charge in [-0.3, -0.25) is 19.8 Å². The molecular formula is C22H21N7O2S. The largest absolute Gasteiger partial charge is 0.338 e. The molecule has 0 aliphatic heterocycles. The van der Waals surface area contributed by atoms with E-state index in [1.54, 1.807) is 35.4 Å². The number of thiazole rings is 1. The van der Waals surface area contributed by atoms with E-state index in [4.69, 9.17) is 4.98 Å². The standard InChI is InChI=1S/C22H21N7O2S/c1-4-24-22(31)28-20-6-17(21-27-19(12-32-21)16-9-26-29(3)11-16)18(10-25-20)15-5-14(13(2)30)7-23-8-15/h5-12H,4H2,1-3H3,(H2,24,25,28,31). The summed E-state index contributed by atoms with van der Waals surface area (Å²) < 4.78 is 1.72. The number of pyridine rings is 2. The van der Waals surface area contributed by atoms with E-state index in [0.29, 0.717) is 17.9 Å². The molecule has 4 rings (SSSR count). The molecule has 162 valence electrons. The highest BCUT2D eigenvalue weighted by Gasteiger charge is 2.16. The molecule has 10 heteroatoms. The zero-order valence-electron chi connectivity index (χ0n) is 17.8. The molecule has 4 heterocycles. The average Bonchev–Trinajstić information content (AvgIpc) is 3.43. The van der Waals surface area contributed by atoms with E-state index in [1.807, 2.05) is 25.5 Å². The van der Waals surface area contributed by atoms with Crippen LogP contribution >= 0.6 is 11.3 Å². The van der Waals surface area contributed by atoms with Crippen LogP contribution in [-0.4, -0.2) is 43.1 Å². The number of aromatic nitrogens is 5. The van der Waals surface area contributed by atoms with Crippen molar-refractivity contribution in [3.05, 3.63) is 54.1 Å². The first-order chi connectivity index (χ1) is 15.4. The number of aryl methyl sites for hydroxylation is 1. The summed E-state index contributed by atoms with van der Waals surface area (Å²) in [6.07, 6.45) is 8.53. The van der Waals surface area contributed by atoms with Crippen molar-refractivity contribution in [2.24, 2.45) is 7.05 Å². The summed E-state index contributed by atoms with van der Waals surface area (Å²) in [5, 5.41) is 12.3. The molecule has 2 N–H and O–H groups in total. The van der Waals surface area contributed by atoms with Gasteiger partial charge in [-0.2, -0.15) is 5.10 Å². The van der Waals surface area contributed by atoms with Crippen LogP contribution in [0.1, 0.15) is 24.2 Å². The number of anilines is 1. The van der Waals surface area contributed by atoms with Gasteiger partial charge in [-0.15, -0.1) is 11.3 Å². The molecule has 0 spiro atoms. The summed E-state index contributed by atoms with van der Waals surface area (Å²) in [6.45, 7) is 3.84. The molecule has 9 nitrogen and oxygen atoms in total. The normalized spacial score (nSPS) is 10.7. The second-order valence-electron chi connectivity index (χ2n) is 7.06. The third-order valence-corrected chi connectivity index (χ3v) is 5.55. The molecule has 0 aliphatic carbocycles. The van der Waals surface area contributed by atoms with Crippen LogP contribution in [0.5, 0.6) is 0 Å². The van der Waals surface area contributed by atoms with Gasteiger partial charge in [0.1, 0.15) is 10.8 Å². The molecule has 0 atom stereocenters. The minimum Gasteiger partial charge on any atom is -0.338 e. The van der Waals surface area contributed by atoms with E-state index < -0.39 is 0 Å². The fourth-order valence-corrected chi connectivity index (χ4v) is 3.97. The maximum Gasteiger partial charge on any atom is 0.320 e. The molecule has 0 bridgehead atoms. The van der Waals surface area contributed by atoms with E-state index in [9.17, 15) is 9.59 Å². The van der Waals surface area contributed by atoms with Crippen LogP contribution in [0.2, 0.25) is 0 Å². The number of hydrogen-bond donors (Lipinski definition) is 2. The van der Waals surface area contributed by atoms with Crippen LogP contribution in [0.4, 0.5) is 10.6 Å². The Morgan fingerprint density at radius 2 is 1.94 bits per heavy atom. The van der Waals surface area contributed by atoms with Crippen molar-refractivity contribution >= 4 is 29.0 Å². The molecule has 0 aliphatic rings. The van der Waals surface area contributed by atoms with Crippen molar-refractivity contribution in [2.45, 2.75) is 13.8 Å². The van der Waals surface area contributed by atoms with Crippen molar-refractivity contribution < 1.29 is 9.59 Å². The highest BCUT2D eigenvalue weighted by atomic mass is 32.1. The molecule has 2 amide bonds. The molecule has 0 aromatic carbocycles. The average molecular weight is 448 g/mol.